The molecule has 1 aromatic heterocycles. The van der Waals surface area contributed by atoms with Crippen LogP contribution in [0.3, 0.4) is 0 Å². The van der Waals surface area contributed by atoms with Crippen LogP contribution in [0, 0.1) is 11.3 Å². The molecule has 4 nitrogen and oxygen atoms in total. The smallest absolute Gasteiger partial charge is 0.140 e. The van der Waals surface area contributed by atoms with Gasteiger partial charge in [0.05, 0.1) is 28.4 Å². The number of nitrogens with zero attached hydrogens (tertiary/aromatic N) is 4. The fraction of sp³-hybridized carbons (Fsp3) is 0. The van der Waals surface area contributed by atoms with Gasteiger partial charge in [0, 0.05) is 23.0 Å². The van der Waals surface area contributed by atoms with E-state index in [-0.39, 0.29) is 0 Å². The molecular weight excluding hydrogens is 488 g/mol. The number of hydrogen-bond acceptors (Lipinski definition) is 4. The molecule has 0 bridgehead atoms. The van der Waals surface area contributed by atoms with E-state index in [4.69, 9.17) is 5.26 Å². The van der Waals surface area contributed by atoms with Gasteiger partial charge in [0.25, 0.3) is 0 Å². The minimum absolute atomic E-state index is 0.414. The van der Waals surface area contributed by atoms with Gasteiger partial charge in [0.2, 0.25) is 0 Å². The molecule has 5 aromatic carbocycles. The summed E-state index contributed by atoms with van der Waals surface area (Å²) in [7, 11) is 0. The van der Waals surface area contributed by atoms with Crippen LogP contribution in [0.2, 0.25) is 0 Å². The molecule has 1 aliphatic rings. The maximum absolute atomic E-state index is 9.15. The van der Waals surface area contributed by atoms with Crippen molar-refractivity contribution >= 4 is 34.1 Å². The number of anilines is 6. The van der Waals surface area contributed by atoms with E-state index >= 15 is 0 Å². The Hall–Kier alpha value is -5.66. The van der Waals surface area contributed by atoms with Crippen molar-refractivity contribution in [1.82, 2.24) is 4.98 Å². The lowest BCUT2D eigenvalue weighted by molar-refractivity contribution is 1.17. The average molecular weight is 513 g/mol. The second-order valence-corrected chi connectivity index (χ2v) is 9.63. The summed E-state index contributed by atoms with van der Waals surface area (Å²) >= 11 is 0. The Morgan fingerprint density at radius 3 is 1.68 bits per heavy atom. The summed E-state index contributed by atoms with van der Waals surface area (Å²) in [5.74, 6) is 0. The fourth-order valence-corrected chi connectivity index (χ4v) is 5.47. The molecule has 0 radical (unpaired) electrons. The predicted octanol–water partition coefficient (Wildman–Crippen LogP) is 9.54. The van der Waals surface area contributed by atoms with E-state index in [1.54, 1.807) is 12.3 Å². The van der Waals surface area contributed by atoms with Crippen LogP contribution in [-0.4, -0.2) is 4.98 Å². The van der Waals surface area contributed by atoms with E-state index in [1.165, 1.54) is 0 Å². The lowest BCUT2D eigenvalue weighted by atomic mass is 9.96. The van der Waals surface area contributed by atoms with E-state index in [0.717, 1.165) is 56.4 Å². The Balaban J connectivity index is 1.40. The summed E-state index contributed by atoms with van der Waals surface area (Å²) in [5.41, 5.74) is 11.4. The molecule has 0 aliphatic carbocycles. The number of fused-ring (bicyclic) bond motifs is 2. The van der Waals surface area contributed by atoms with Gasteiger partial charge in [-0.05, 0) is 71.8 Å². The van der Waals surface area contributed by atoms with E-state index in [1.807, 2.05) is 6.07 Å². The second kappa shape index (κ2) is 9.90. The Kier molecular flexibility index (Phi) is 5.81. The maximum Gasteiger partial charge on any atom is 0.140 e. The Morgan fingerprint density at radius 1 is 0.475 bits per heavy atom. The number of aromatic nitrogens is 1. The van der Waals surface area contributed by atoms with Crippen molar-refractivity contribution in [2.75, 3.05) is 9.80 Å². The molecule has 0 saturated carbocycles. The number of pyridine rings is 1. The first kappa shape index (κ1) is 23.5. The van der Waals surface area contributed by atoms with Crippen LogP contribution in [0.15, 0.2) is 146 Å². The molecule has 188 valence electrons. The first-order valence-corrected chi connectivity index (χ1v) is 13.2. The topological polar surface area (TPSA) is 43.2 Å². The average Bonchev–Trinajstić information content (AvgIpc) is 3.04. The van der Waals surface area contributed by atoms with E-state index in [9.17, 15) is 0 Å². The third-order valence-electron chi connectivity index (χ3n) is 7.27. The fourth-order valence-electron chi connectivity index (χ4n) is 5.47. The lowest BCUT2D eigenvalue weighted by Gasteiger charge is -2.41. The lowest BCUT2D eigenvalue weighted by Crippen LogP contribution is -2.24. The van der Waals surface area contributed by atoms with Crippen LogP contribution in [0.5, 0.6) is 0 Å². The standard InChI is InChI=1S/C36H24N4/c37-24-29-22-21-28(25-38-29)26-11-10-12-27(23-26)31-15-4-5-16-32(31)40-35-19-8-6-17-33(35)39(30-13-2-1-3-14-30)34-18-7-9-20-36(34)40/h1-23,25H. The summed E-state index contributed by atoms with van der Waals surface area (Å²) < 4.78 is 0. The van der Waals surface area contributed by atoms with Crippen molar-refractivity contribution in [3.8, 4) is 28.3 Å². The molecule has 1 aliphatic heterocycles. The molecular formula is C36H24N4. The van der Waals surface area contributed by atoms with Crippen molar-refractivity contribution in [3.63, 3.8) is 0 Å². The van der Waals surface area contributed by atoms with Gasteiger partial charge in [0.15, 0.2) is 0 Å². The van der Waals surface area contributed by atoms with Crippen LogP contribution < -0.4 is 9.80 Å². The van der Waals surface area contributed by atoms with Gasteiger partial charge in [-0.25, -0.2) is 4.98 Å². The third kappa shape index (κ3) is 3.98. The summed E-state index contributed by atoms with van der Waals surface area (Å²) in [6.07, 6.45) is 1.76. The molecule has 0 fully saturated rings. The summed E-state index contributed by atoms with van der Waals surface area (Å²) in [5, 5.41) is 9.15. The minimum atomic E-state index is 0.414. The van der Waals surface area contributed by atoms with Gasteiger partial charge in [-0.2, -0.15) is 5.26 Å². The second-order valence-electron chi connectivity index (χ2n) is 9.63. The first-order valence-electron chi connectivity index (χ1n) is 13.2. The van der Waals surface area contributed by atoms with Crippen molar-refractivity contribution in [1.29, 1.82) is 5.26 Å². The summed E-state index contributed by atoms with van der Waals surface area (Å²) in [6, 6.07) is 50.6. The Labute approximate surface area is 233 Å². The minimum Gasteiger partial charge on any atom is -0.306 e. The van der Waals surface area contributed by atoms with Crippen LogP contribution in [0.1, 0.15) is 5.69 Å². The maximum atomic E-state index is 9.15. The number of para-hydroxylation sites is 6. The quantitative estimate of drug-likeness (QED) is 0.235. The molecule has 0 unspecified atom stereocenters. The van der Waals surface area contributed by atoms with Gasteiger partial charge in [-0.15, -0.1) is 0 Å². The largest absolute Gasteiger partial charge is 0.306 e. The van der Waals surface area contributed by atoms with Crippen LogP contribution >= 0.6 is 0 Å². The van der Waals surface area contributed by atoms with E-state index < -0.39 is 0 Å². The number of nitriles is 1. The van der Waals surface area contributed by atoms with Crippen molar-refractivity contribution in [2.45, 2.75) is 0 Å². The highest BCUT2D eigenvalue weighted by atomic mass is 15.3. The van der Waals surface area contributed by atoms with Crippen molar-refractivity contribution < 1.29 is 0 Å². The summed E-state index contributed by atoms with van der Waals surface area (Å²) in [6.45, 7) is 0. The molecule has 0 spiro atoms. The zero-order chi connectivity index (χ0) is 26.9. The highest BCUT2D eigenvalue weighted by molar-refractivity contribution is 6.03. The molecule has 0 saturated heterocycles. The van der Waals surface area contributed by atoms with Gasteiger partial charge in [-0.3, -0.25) is 0 Å². The molecule has 2 heterocycles. The molecule has 4 heteroatoms. The summed E-state index contributed by atoms with van der Waals surface area (Å²) in [4.78, 5) is 8.98. The van der Waals surface area contributed by atoms with Gasteiger partial charge < -0.3 is 9.80 Å². The predicted molar refractivity (Wildman–Crippen MR) is 163 cm³/mol. The normalized spacial score (nSPS) is 11.9. The number of benzene rings is 5. The number of rotatable bonds is 4. The molecule has 0 atom stereocenters. The Bertz CT molecular complexity index is 1820. The molecule has 0 N–H and O–H groups in total. The van der Waals surface area contributed by atoms with Crippen LogP contribution in [0.25, 0.3) is 22.3 Å². The monoisotopic (exact) mass is 512 g/mol. The zero-order valence-corrected chi connectivity index (χ0v) is 21.6. The van der Waals surface area contributed by atoms with Gasteiger partial charge in [0.1, 0.15) is 11.8 Å². The van der Waals surface area contributed by atoms with Gasteiger partial charge >= 0.3 is 0 Å². The zero-order valence-electron chi connectivity index (χ0n) is 21.6. The Morgan fingerprint density at radius 2 is 1.05 bits per heavy atom. The van der Waals surface area contributed by atoms with Crippen LogP contribution in [0.4, 0.5) is 34.1 Å². The molecule has 7 rings (SSSR count). The van der Waals surface area contributed by atoms with Crippen molar-refractivity contribution in [2.24, 2.45) is 0 Å². The van der Waals surface area contributed by atoms with Crippen LogP contribution in [-0.2, 0) is 0 Å². The number of hydrogen-bond donors (Lipinski definition) is 0. The highest BCUT2D eigenvalue weighted by Crippen LogP contribution is 2.55. The van der Waals surface area contributed by atoms with Gasteiger partial charge in [-0.1, -0.05) is 78.9 Å². The van der Waals surface area contributed by atoms with E-state index in [2.05, 4.69) is 148 Å². The molecule has 0 amide bonds. The first-order chi connectivity index (χ1) is 19.8. The molecule has 40 heavy (non-hydrogen) atoms. The van der Waals surface area contributed by atoms with E-state index in [0.29, 0.717) is 5.69 Å². The third-order valence-corrected chi connectivity index (χ3v) is 7.27. The molecule has 6 aromatic rings. The van der Waals surface area contributed by atoms with Crippen molar-refractivity contribution in [3.05, 3.63) is 151 Å². The SMILES string of the molecule is N#Cc1ccc(-c2cccc(-c3ccccc3N3c4ccccc4N(c4ccccc4)c4ccccc43)c2)cn1. The highest BCUT2D eigenvalue weighted by Gasteiger charge is 2.31.